The van der Waals surface area contributed by atoms with Crippen LogP contribution in [0.2, 0.25) is 0 Å². The van der Waals surface area contributed by atoms with E-state index in [1.165, 1.54) is 6.42 Å². The fourth-order valence-corrected chi connectivity index (χ4v) is 1.95. The second-order valence-corrected chi connectivity index (χ2v) is 3.73. The smallest absolute Gasteiger partial charge is 0.317 e. The third-order valence-electron chi connectivity index (χ3n) is 2.76. The zero-order valence-corrected chi connectivity index (χ0v) is 8.96. The van der Waals surface area contributed by atoms with Gasteiger partial charge in [0.05, 0.1) is 0 Å². The topological polar surface area (TPSA) is 32.3 Å². The zero-order chi connectivity index (χ0) is 10.4. The summed E-state index contributed by atoms with van der Waals surface area (Å²) >= 11 is 0. The van der Waals surface area contributed by atoms with Crippen molar-refractivity contribution in [2.24, 2.45) is 0 Å². The Hall–Kier alpha value is -0.990. The van der Waals surface area contributed by atoms with Crippen molar-refractivity contribution in [1.29, 1.82) is 0 Å². The van der Waals surface area contributed by atoms with E-state index in [0.29, 0.717) is 12.6 Å². The SMILES string of the molecule is C=CCNC(=O)N1CCCC[C@H]1CC. The number of nitrogens with zero attached hydrogens (tertiary/aromatic N) is 1. The van der Waals surface area contributed by atoms with Crippen molar-refractivity contribution in [1.82, 2.24) is 10.2 Å². The molecule has 1 heterocycles. The molecule has 1 rings (SSSR count). The van der Waals surface area contributed by atoms with Gasteiger partial charge in [0, 0.05) is 19.1 Å². The Morgan fingerprint density at radius 3 is 3.07 bits per heavy atom. The number of urea groups is 1. The first-order valence-corrected chi connectivity index (χ1v) is 5.45. The summed E-state index contributed by atoms with van der Waals surface area (Å²) < 4.78 is 0. The van der Waals surface area contributed by atoms with E-state index in [9.17, 15) is 4.79 Å². The van der Waals surface area contributed by atoms with Gasteiger partial charge in [0.25, 0.3) is 0 Å². The number of amides is 2. The highest BCUT2D eigenvalue weighted by atomic mass is 16.2. The first-order valence-electron chi connectivity index (χ1n) is 5.45. The minimum atomic E-state index is 0.0662. The number of piperidine rings is 1. The molecule has 0 bridgehead atoms. The predicted octanol–water partition coefficient (Wildman–Crippen LogP) is 2.15. The fraction of sp³-hybridized carbons (Fsp3) is 0.727. The summed E-state index contributed by atoms with van der Waals surface area (Å²) in [6, 6.07) is 0.505. The highest BCUT2D eigenvalue weighted by molar-refractivity contribution is 5.74. The molecule has 1 saturated heterocycles. The van der Waals surface area contributed by atoms with Crippen molar-refractivity contribution in [2.45, 2.75) is 38.6 Å². The van der Waals surface area contributed by atoms with Gasteiger partial charge in [0.1, 0.15) is 0 Å². The number of hydrogen-bond acceptors (Lipinski definition) is 1. The maximum Gasteiger partial charge on any atom is 0.317 e. The summed E-state index contributed by atoms with van der Waals surface area (Å²) in [7, 11) is 0. The van der Waals surface area contributed by atoms with Gasteiger partial charge in [-0.1, -0.05) is 13.0 Å². The number of carbonyl (C=O) groups is 1. The second kappa shape index (κ2) is 5.68. The number of hydrogen-bond donors (Lipinski definition) is 1. The highest BCUT2D eigenvalue weighted by Crippen LogP contribution is 2.19. The molecule has 1 atom stereocenters. The van der Waals surface area contributed by atoms with Crippen molar-refractivity contribution >= 4 is 6.03 Å². The molecule has 80 valence electrons. The van der Waals surface area contributed by atoms with Crippen LogP contribution in [0.15, 0.2) is 12.7 Å². The van der Waals surface area contributed by atoms with Crippen molar-refractivity contribution < 1.29 is 4.79 Å². The quantitative estimate of drug-likeness (QED) is 0.689. The van der Waals surface area contributed by atoms with Gasteiger partial charge in [0.15, 0.2) is 0 Å². The van der Waals surface area contributed by atoms with E-state index in [4.69, 9.17) is 0 Å². The number of likely N-dealkylation sites (tertiary alicyclic amines) is 1. The summed E-state index contributed by atoms with van der Waals surface area (Å²) in [5, 5.41) is 2.84. The monoisotopic (exact) mass is 196 g/mol. The lowest BCUT2D eigenvalue weighted by molar-refractivity contribution is 0.150. The normalized spacial score (nSPS) is 21.8. The van der Waals surface area contributed by atoms with E-state index in [0.717, 1.165) is 25.8 Å². The third-order valence-corrected chi connectivity index (χ3v) is 2.76. The van der Waals surface area contributed by atoms with Gasteiger partial charge in [-0.3, -0.25) is 0 Å². The first-order chi connectivity index (χ1) is 6.79. The molecule has 0 aromatic heterocycles. The number of nitrogens with one attached hydrogen (secondary N) is 1. The molecule has 0 saturated carbocycles. The molecule has 0 unspecified atom stereocenters. The molecule has 1 aliphatic rings. The molecule has 0 spiro atoms. The van der Waals surface area contributed by atoms with Crippen LogP contribution in [0, 0.1) is 0 Å². The minimum Gasteiger partial charge on any atom is -0.335 e. The standard InChI is InChI=1S/C11H20N2O/c1-3-8-12-11(14)13-9-6-5-7-10(13)4-2/h3,10H,1,4-9H2,2H3,(H,12,14)/t10-/m1/s1. The Morgan fingerprint density at radius 2 is 2.43 bits per heavy atom. The van der Waals surface area contributed by atoms with Gasteiger partial charge in [-0.2, -0.15) is 0 Å². The van der Waals surface area contributed by atoms with E-state index >= 15 is 0 Å². The summed E-state index contributed by atoms with van der Waals surface area (Å²) in [6.07, 6.45) is 6.31. The van der Waals surface area contributed by atoms with Crippen molar-refractivity contribution in [3.8, 4) is 0 Å². The van der Waals surface area contributed by atoms with Crippen LogP contribution in [0.25, 0.3) is 0 Å². The van der Waals surface area contributed by atoms with Gasteiger partial charge in [-0.25, -0.2) is 4.79 Å². The summed E-state index contributed by atoms with van der Waals surface area (Å²) in [4.78, 5) is 13.7. The lowest BCUT2D eigenvalue weighted by atomic mass is 10.0. The molecular formula is C11H20N2O. The van der Waals surface area contributed by atoms with Crippen molar-refractivity contribution in [3.05, 3.63) is 12.7 Å². The molecule has 0 aromatic carbocycles. The molecule has 14 heavy (non-hydrogen) atoms. The van der Waals surface area contributed by atoms with Gasteiger partial charge in [0.2, 0.25) is 0 Å². The van der Waals surface area contributed by atoms with Crippen LogP contribution in [-0.2, 0) is 0 Å². The molecular weight excluding hydrogens is 176 g/mol. The van der Waals surface area contributed by atoms with Crippen molar-refractivity contribution in [2.75, 3.05) is 13.1 Å². The van der Waals surface area contributed by atoms with E-state index in [1.54, 1.807) is 6.08 Å². The molecule has 0 radical (unpaired) electrons. The summed E-state index contributed by atoms with van der Waals surface area (Å²) in [5.41, 5.74) is 0. The van der Waals surface area contributed by atoms with E-state index in [2.05, 4.69) is 18.8 Å². The maximum absolute atomic E-state index is 11.7. The minimum absolute atomic E-state index is 0.0662. The summed E-state index contributed by atoms with van der Waals surface area (Å²) in [5.74, 6) is 0. The van der Waals surface area contributed by atoms with Gasteiger partial charge >= 0.3 is 6.03 Å². The van der Waals surface area contributed by atoms with E-state index in [1.807, 2.05) is 4.90 Å². The Kier molecular flexibility index (Phi) is 4.50. The average molecular weight is 196 g/mol. The van der Waals surface area contributed by atoms with Crippen LogP contribution in [-0.4, -0.2) is 30.1 Å². The average Bonchev–Trinajstić information content (AvgIpc) is 2.25. The molecule has 3 heteroatoms. The molecule has 3 nitrogen and oxygen atoms in total. The van der Waals surface area contributed by atoms with Gasteiger partial charge in [-0.05, 0) is 25.7 Å². The number of carbonyl (C=O) groups excluding carboxylic acids is 1. The largest absolute Gasteiger partial charge is 0.335 e. The van der Waals surface area contributed by atoms with Crippen LogP contribution in [0.3, 0.4) is 0 Å². The third kappa shape index (κ3) is 2.76. The second-order valence-electron chi connectivity index (χ2n) is 3.73. The predicted molar refractivity (Wildman–Crippen MR) is 58.2 cm³/mol. The van der Waals surface area contributed by atoms with Crippen LogP contribution in [0.1, 0.15) is 32.6 Å². The van der Waals surface area contributed by atoms with E-state index in [-0.39, 0.29) is 6.03 Å². The van der Waals surface area contributed by atoms with Crippen LogP contribution in [0.5, 0.6) is 0 Å². The first kappa shape index (κ1) is 11.1. The van der Waals surface area contributed by atoms with Crippen LogP contribution >= 0.6 is 0 Å². The molecule has 1 fully saturated rings. The van der Waals surface area contributed by atoms with Gasteiger partial charge in [-0.15, -0.1) is 6.58 Å². The van der Waals surface area contributed by atoms with E-state index < -0.39 is 0 Å². The van der Waals surface area contributed by atoms with Crippen LogP contribution < -0.4 is 5.32 Å². The molecule has 2 amide bonds. The Morgan fingerprint density at radius 1 is 1.64 bits per heavy atom. The molecule has 1 aliphatic heterocycles. The Balaban J connectivity index is 2.45. The fourth-order valence-electron chi connectivity index (χ4n) is 1.95. The zero-order valence-electron chi connectivity index (χ0n) is 8.96. The summed E-state index contributed by atoms with van der Waals surface area (Å²) in [6.45, 7) is 7.19. The maximum atomic E-state index is 11.7. The highest BCUT2D eigenvalue weighted by Gasteiger charge is 2.24. The molecule has 1 N–H and O–H groups in total. The molecule has 0 aromatic rings. The van der Waals surface area contributed by atoms with Gasteiger partial charge < -0.3 is 10.2 Å². The lowest BCUT2D eigenvalue weighted by Gasteiger charge is -2.35. The molecule has 0 aliphatic carbocycles. The van der Waals surface area contributed by atoms with Crippen LogP contribution in [0.4, 0.5) is 4.79 Å². The Labute approximate surface area is 86.2 Å². The Bertz CT molecular complexity index is 203. The number of rotatable bonds is 3. The lowest BCUT2D eigenvalue weighted by Crippen LogP contribution is -2.48. The van der Waals surface area contributed by atoms with Crippen molar-refractivity contribution in [3.63, 3.8) is 0 Å².